The first-order valence-corrected chi connectivity index (χ1v) is 8.39. The van der Waals surface area contributed by atoms with Crippen molar-refractivity contribution < 1.29 is 14.7 Å². The van der Waals surface area contributed by atoms with E-state index in [1.807, 2.05) is 30.0 Å². The number of urea groups is 1. The van der Waals surface area contributed by atoms with Crippen LogP contribution in [0.25, 0.3) is 0 Å². The minimum Gasteiger partial charge on any atom is -0.481 e. The van der Waals surface area contributed by atoms with Gasteiger partial charge < -0.3 is 15.7 Å². The van der Waals surface area contributed by atoms with E-state index in [2.05, 4.69) is 22.8 Å². The largest absolute Gasteiger partial charge is 0.481 e. The molecule has 0 spiro atoms. The van der Waals surface area contributed by atoms with Crippen LogP contribution in [0.15, 0.2) is 35.2 Å². The standard InChI is InChI=1S/C16H22N2O3S/c19-14(20)8-11-17-15(21)18-12-16(9-4-5-10-16)22-13-6-2-1-3-7-13/h1-3,6-7H,4-5,8-12H2,(H,19,20)(H2,17,18,21). The second-order valence-corrected chi connectivity index (χ2v) is 7.10. The summed E-state index contributed by atoms with van der Waals surface area (Å²) in [5, 5.41) is 14.0. The van der Waals surface area contributed by atoms with Crippen LogP contribution >= 0.6 is 11.8 Å². The first-order chi connectivity index (χ1) is 10.6. The van der Waals surface area contributed by atoms with Gasteiger partial charge in [-0.1, -0.05) is 31.0 Å². The average molecular weight is 322 g/mol. The highest BCUT2D eigenvalue weighted by atomic mass is 32.2. The van der Waals surface area contributed by atoms with Gasteiger partial charge >= 0.3 is 12.0 Å². The fraction of sp³-hybridized carbons (Fsp3) is 0.500. The summed E-state index contributed by atoms with van der Waals surface area (Å²) in [5.74, 6) is -0.910. The van der Waals surface area contributed by atoms with E-state index in [0.29, 0.717) is 6.54 Å². The lowest BCUT2D eigenvalue weighted by Crippen LogP contribution is -2.44. The lowest BCUT2D eigenvalue weighted by atomic mass is 10.1. The minimum absolute atomic E-state index is 0.0471. The highest BCUT2D eigenvalue weighted by Gasteiger charge is 2.35. The van der Waals surface area contributed by atoms with E-state index in [0.717, 1.165) is 12.8 Å². The number of thioether (sulfide) groups is 1. The van der Waals surface area contributed by atoms with Crippen LogP contribution in [0.3, 0.4) is 0 Å². The summed E-state index contributed by atoms with van der Waals surface area (Å²) in [6.07, 6.45) is 4.48. The highest BCUT2D eigenvalue weighted by Crippen LogP contribution is 2.44. The van der Waals surface area contributed by atoms with Gasteiger partial charge in [0.1, 0.15) is 0 Å². The molecular weight excluding hydrogens is 300 g/mol. The van der Waals surface area contributed by atoms with Gasteiger partial charge in [-0.15, -0.1) is 11.8 Å². The molecule has 22 heavy (non-hydrogen) atoms. The van der Waals surface area contributed by atoms with Crippen LogP contribution in [0.2, 0.25) is 0 Å². The van der Waals surface area contributed by atoms with Gasteiger partial charge in [0.25, 0.3) is 0 Å². The van der Waals surface area contributed by atoms with Gasteiger partial charge in [0, 0.05) is 22.7 Å². The number of hydrogen-bond acceptors (Lipinski definition) is 3. The number of carbonyl (C=O) groups excluding carboxylic acids is 1. The summed E-state index contributed by atoms with van der Waals surface area (Å²) in [6.45, 7) is 0.755. The van der Waals surface area contributed by atoms with E-state index < -0.39 is 5.97 Å². The van der Waals surface area contributed by atoms with Gasteiger partial charge in [-0.05, 0) is 25.0 Å². The summed E-state index contributed by atoms with van der Waals surface area (Å²) in [4.78, 5) is 23.4. The molecule has 0 radical (unpaired) electrons. The Morgan fingerprint density at radius 3 is 2.45 bits per heavy atom. The van der Waals surface area contributed by atoms with E-state index in [1.54, 1.807) is 0 Å². The Morgan fingerprint density at radius 1 is 1.14 bits per heavy atom. The molecule has 1 aliphatic rings. The molecule has 0 saturated heterocycles. The van der Waals surface area contributed by atoms with Crippen molar-refractivity contribution >= 4 is 23.8 Å². The lowest BCUT2D eigenvalue weighted by Gasteiger charge is -2.28. The molecule has 0 heterocycles. The number of carboxylic acids is 1. The van der Waals surface area contributed by atoms with Crippen LogP contribution in [0.4, 0.5) is 4.79 Å². The number of carbonyl (C=O) groups is 2. The molecule has 0 atom stereocenters. The fourth-order valence-corrected chi connectivity index (χ4v) is 4.09. The SMILES string of the molecule is O=C(O)CCNC(=O)NCC1(Sc2ccccc2)CCCC1. The molecule has 6 heteroatoms. The number of carboxylic acid groups (broad SMARTS) is 1. The smallest absolute Gasteiger partial charge is 0.314 e. The monoisotopic (exact) mass is 322 g/mol. The predicted molar refractivity (Wildman–Crippen MR) is 87.2 cm³/mol. The summed E-state index contributed by atoms with van der Waals surface area (Å²) in [5.41, 5.74) is 0. The van der Waals surface area contributed by atoms with Gasteiger partial charge in [-0.2, -0.15) is 0 Å². The van der Waals surface area contributed by atoms with Crippen LogP contribution in [0.1, 0.15) is 32.1 Å². The van der Waals surface area contributed by atoms with Crippen molar-refractivity contribution in [2.45, 2.75) is 41.7 Å². The molecular formula is C16H22N2O3S. The third-order valence-corrected chi connectivity index (χ3v) is 5.28. The van der Waals surface area contributed by atoms with Crippen molar-refractivity contribution in [3.8, 4) is 0 Å². The summed E-state index contributed by atoms with van der Waals surface area (Å²) < 4.78 is 0.0471. The maximum absolute atomic E-state index is 11.8. The van der Waals surface area contributed by atoms with E-state index >= 15 is 0 Å². The molecule has 2 amide bonds. The zero-order valence-electron chi connectivity index (χ0n) is 12.5. The Labute approximate surface area is 134 Å². The molecule has 1 aliphatic carbocycles. The summed E-state index contributed by atoms with van der Waals surface area (Å²) in [7, 11) is 0. The van der Waals surface area contributed by atoms with Crippen LogP contribution in [0.5, 0.6) is 0 Å². The second-order valence-electron chi connectivity index (χ2n) is 5.56. The first kappa shape index (κ1) is 16.7. The Kier molecular flexibility index (Phi) is 6.12. The molecule has 0 bridgehead atoms. The Hall–Kier alpha value is -1.69. The number of rotatable bonds is 7. The molecule has 2 rings (SSSR count). The summed E-state index contributed by atoms with van der Waals surface area (Å²) in [6, 6.07) is 9.95. The van der Waals surface area contributed by atoms with Crippen LogP contribution < -0.4 is 10.6 Å². The zero-order valence-corrected chi connectivity index (χ0v) is 13.3. The van der Waals surface area contributed by atoms with Crippen molar-refractivity contribution in [2.24, 2.45) is 0 Å². The Bertz CT molecular complexity index is 501. The number of nitrogens with one attached hydrogen (secondary N) is 2. The van der Waals surface area contributed by atoms with Crippen molar-refractivity contribution in [2.75, 3.05) is 13.1 Å². The van der Waals surface area contributed by atoms with E-state index in [1.165, 1.54) is 17.7 Å². The maximum Gasteiger partial charge on any atom is 0.314 e. The molecule has 0 aromatic heterocycles. The number of aliphatic carboxylic acids is 1. The quantitative estimate of drug-likeness (QED) is 0.721. The fourth-order valence-electron chi connectivity index (χ4n) is 2.66. The van der Waals surface area contributed by atoms with E-state index in [9.17, 15) is 9.59 Å². The van der Waals surface area contributed by atoms with E-state index in [4.69, 9.17) is 5.11 Å². The Morgan fingerprint density at radius 2 is 1.82 bits per heavy atom. The number of hydrogen-bond donors (Lipinski definition) is 3. The molecule has 120 valence electrons. The van der Waals surface area contributed by atoms with Crippen LogP contribution in [0, 0.1) is 0 Å². The molecule has 1 saturated carbocycles. The van der Waals surface area contributed by atoms with Crippen LogP contribution in [-0.2, 0) is 4.79 Å². The Balaban J connectivity index is 1.84. The first-order valence-electron chi connectivity index (χ1n) is 7.57. The van der Waals surface area contributed by atoms with E-state index in [-0.39, 0.29) is 23.7 Å². The molecule has 0 unspecified atom stereocenters. The molecule has 1 fully saturated rings. The molecule has 0 aliphatic heterocycles. The average Bonchev–Trinajstić information content (AvgIpc) is 2.95. The second kappa shape index (κ2) is 8.08. The highest BCUT2D eigenvalue weighted by molar-refractivity contribution is 8.00. The topological polar surface area (TPSA) is 78.4 Å². The molecule has 3 N–H and O–H groups in total. The van der Waals surface area contributed by atoms with Gasteiger partial charge in [-0.3, -0.25) is 4.79 Å². The van der Waals surface area contributed by atoms with Crippen LogP contribution in [-0.4, -0.2) is 34.9 Å². The van der Waals surface area contributed by atoms with Gasteiger partial charge in [-0.25, -0.2) is 4.79 Å². The zero-order chi connectivity index (χ0) is 15.8. The maximum atomic E-state index is 11.8. The number of benzene rings is 1. The molecule has 1 aromatic rings. The van der Waals surface area contributed by atoms with Crippen molar-refractivity contribution in [3.63, 3.8) is 0 Å². The predicted octanol–water partition coefficient (Wildman–Crippen LogP) is 2.87. The normalized spacial score (nSPS) is 16.2. The lowest BCUT2D eigenvalue weighted by molar-refractivity contribution is -0.136. The summed E-state index contributed by atoms with van der Waals surface area (Å²) >= 11 is 1.83. The van der Waals surface area contributed by atoms with Gasteiger partial charge in [0.05, 0.1) is 6.42 Å². The third-order valence-electron chi connectivity index (χ3n) is 3.79. The van der Waals surface area contributed by atoms with Gasteiger partial charge in [0.2, 0.25) is 0 Å². The van der Waals surface area contributed by atoms with Gasteiger partial charge in [0.15, 0.2) is 0 Å². The molecule has 5 nitrogen and oxygen atoms in total. The van der Waals surface area contributed by atoms with Crippen molar-refractivity contribution in [3.05, 3.63) is 30.3 Å². The van der Waals surface area contributed by atoms with Crippen molar-refractivity contribution in [1.82, 2.24) is 10.6 Å². The number of amides is 2. The third kappa shape index (κ3) is 5.26. The van der Waals surface area contributed by atoms with Crippen molar-refractivity contribution in [1.29, 1.82) is 0 Å². The minimum atomic E-state index is -0.910. The molecule has 1 aromatic carbocycles.